The smallest absolute Gasteiger partial charge is 0.147 e. The summed E-state index contributed by atoms with van der Waals surface area (Å²) in [7, 11) is 0. The van der Waals surface area contributed by atoms with Gasteiger partial charge in [0.1, 0.15) is 0 Å². The van der Waals surface area contributed by atoms with Crippen LogP contribution in [0.1, 0.15) is 16.9 Å². The van der Waals surface area contributed by atoms with Gasteiger partial charge in [-0.1, -0.05) is 0 Å². The Morgan fingerprint density at radius 3 is 1.72 bits per heavy atom. The van der Waals surface area contributed by atoms with Crippen LogP contribution in [0.3, 0.4) is 0 Å². The predicted octanol–water partition coefficient (Wildman–Crippen LogP) is 5.50. The molecule has 3 nitrogen and oxygen atoms in total. The Bertz CT molecular complexity index is 768. The Kier molecular flexibility index (Phi) is 9.02. The van der Waals surface area contributed by atoms with E-state index in [0.29, 0.717) is 0 Å². The second kappa shape index (κ2) is 10.5. The molecule has 0 aliphatic heterocycles. The monoisotopic (exact) mass is 414 g/mol. The Labute approximate surface area is 167 Å². The molecule has 0 saturated carbocycles. The maximum Gasteiger partial charge on any atom is -0.147 e. The largest absolute Gasteiger partial charge is 0.147 e. The maximum atomic E-state index is 6.21. The van der Waals surface area contributed by atoms with Crippen molar-refractivity contribution < 1.29 is 29.2 Å². The fraction of sp³-hybridized carbons (Fsp3) is 0.105. The van der Waals surface area contributed by atoms with Gasteiger partial charge in [0, 0.05) is 0 Å². The molecule has 3 aromatic rings. The van der Waals surface area contributed by atoms with Crippen LogP contribution in [0.4, 0.5) is 0 Å². The Morgan fingerprint density at radius 1 is 0.760 bits per heavy atom. The molecule has 0 saturated heterocycles. The number of benzene rings is 2. The summed E-state index contributed by atoms with van der Waals surface area (Å²) < 4.78 is 19.8. The van der Waals surface area contributed by atoms with Crippen molar-refractivity contribution in [3.05, 3.63) is 83.8 Å². The van der Waals surface area contributed by atoms with Gasteiger partial charge in [-0.15, -0.1) is 24.8 Å². The van der Waals surface area contributed by atoms with Gasteiger partial charge >= 0.3 is 143 Å². The maximum absolute atomic E-state index is 6.21. The van der Waals surface area contributed by atoms with E-state index in [1.165, 1.54) is 0 Å². The van der Waals surface area contributed by atoms with Gasteiger partial charge in [0.25, 0.3) is 0 Å². The molecule has 0 unspecified atom stereocenters. The normalized spacial score (nSPS) is 9.36. The van der Waals surface area contributed by atoms with Crippen molar-refractivity contribution in [2.45, 2.75) is 13.8 Å². The van der Waals surface area contributed by atoms with E-state index in [4.69, 9.17) is 11.1 Å². The average molecular weight is 415 g/mol. The molecular formula is C19H20Cl2O3Ti. The minimum atomic E-state index is -2.47. The Morgan fingerprint density at radius 2 is 1.28 bits per heavy atom. The van der Waals surface area contributed by atoms with Crippen molar-refractivity contribution in [2.24, 2.45) is 0 Å². The zero-order chi connectivity index (χ0) is 16.1. The summed E-state index contributed by atoms with van der Waals surface area (Å²) in [5.74, 6) is 2.50. The van der Waals surface area contributed by atoms with Crippen LogP contribution < -0.4 is 6.64 Å². The van der Waals surface area contributed by atoms with Gasteiger partial charge in [-0.2, -0.15) is 0 Å². The quantitative estimate of drug-likeness (QED) is 0.516. The number of halogens is 2. The van der Waals surface area contributed by atoms with Gasteiger partial charge in [0.05, 0.1) is 0 Å². The van der Waals surface area contributed by atoms with E-state index in [-0.39, 0.29) is 24.8 Å². The summed E-state index contributed by atoms with van der Waals surface area (Å²) in [6, 6.07) is 19.7. The predicted molar refractivity (Wildman–Crippen MR) is 102 cm³/mol. The molecule has 1 aromatic heterocycles. The van der Waals surface area contributed by atoms with Crippen LogP contribution in [-0.2, 0) is 18.2 Å². The van der Waals surface area contributed by atoms with Gasteiger partial charge < -0.3 is 0 Å². The van der Waals surface area contributed by atoms with Crippen molar-refractivity contribution in [3.63, 3.8) is 0 Å². The Hall–Kier alpha value is -1.52. The molecule has 6 heteroatoms. The molecule has 0 atom stereocenters. The van der Waals surface area contributed by atoms with E-state index in [2.05, 4.69) is 0 Å². The molecule has 0 radical (unpaired) electrons. The van der Waals surface area contributed by atoms with Crippen molar-refractivity contribution in [3.8, 4) is 11.5 Å². The van der Waals surface area contributed by atoms with Crippen molar-refractivity contribution >= 4 is 29.1 Å². The molecule has 132 valence electrons. The molecule has 25 heavy (non-hydrogen) atoms. The number of hydrogen-bond donors (Lipinski definition) is 0. The molecule has 0 amide bonds. The molecule has 0 bridgehead atoms. The van der Waals surface area contributed by atoms with Crippen molar-refractivity contribution in [1.82, 2.24) is 0 Å². The molecule has 3 rings (SSSR count). The first kappa shape index (κ1) is 21.5. The summed E-state index contributed by atoms with van der Waals surface area (Å²) in [4.78, 5) is 0. The first-order chi connectivity index (χ1) is 11.2. The van der Waals surface area contributed by atoms with E-state index in [9.17, 15) is 0 Å². The zero-order valence-electron chi connectivity index (χ0n) is 14.0. The van der Waals surface area contributed by atoms with Crippen LogP contribution in [0, 0.1) is 13.8 Å². The van der Waals surface area contributed by atoms with Gasteiger partial charge in [0.15, 0.2) is 0 Å². The second-order valence-corrected chi connectivity index (χ2v) is 7.30. The fourth-order valence-electron chi connectivity index (χ4n) is 2.13. The molecule has 2 aromatic carbocycles. The van der Waals surface area contributed by atoms with Crippen LogP contribution >= 0.6 is 24.8 Å². The number of hydrogen-bond acceptors (Lipinski definition) is 3. The molecule has 1 heterocycles. The minimum Gasteiger partial charge on any atom is -0.147 e. The van der Waals surface area contributed by atoms with E-state index in [1.54, 1.807) is 6.26 Å². The first-order valence-electron chi connectivity index (χ1n) is 7.44. The zero-order valence-corrected chi connectivity index (χ0v) is 17.2. The molecule has 0 fully saturated rings. The summed E-state index contributed by atoms with van der Waals surface area (Å²) >= 11 is -2.47. The van der Waals surface area contributed by atoms with E-state index < -0.39 is 18.2 Å². The van der Waals surface area contributed by atoms with Gasteiger partial charge in [0.2, 0.25) is 0 Å². The molecule has 0 aliphatic rings. The third kappa shape index (κ3) is 6.05. The van der Waals surface area contributed by atoms with Crippen LogP contribution in [-0.4, -0.2) is 4.31 Å². The summed E-state index contributed by atoms with van der Waals surface area (Å²) in [6.07, 6.45) is 1.66. The topological polar surface area (TPSA) is 31.6 Å². The van der Waals surface area contributed by atoms with Gasteiger partial charge in [-0.05, 0) is 0 Å². The SMILES string of the molecule is Cc1ccccc1[O][Ti](=[CH]c1ccco1)[O]c1ccccc1C.Cl.Cl. The molecule has 0 spiro atoms. The average Bonchev–Trinajstić information content (AvgIpc) is 3.05. The molecule has 0 aliphatic carbocycles. The second-order valence-electron chi connectivity index (χ2n) is 5.21. The number of furan rings is 1. The minimum absolute atomic E-state index is 0. The number of para-hydroxylation sites is 2. The van der Waals surface area contributed by atoms with Gasteiger partial charge in [-0.25, -0.2) is 0 Å². The van der Waals surface area contributed by atoms with E-state index in [0.717, 1.165) is 28.4 Å². The van der Waals surface area contributed by atoms with Crippen molar-refractivity contribution in [1.29, 1.82) is 0 Å². The third-order valence-corrected chi connectivity index (χ3v) is 5.54. The van der Waals surface area contributed by atoms with Crippen molar-refractivity contribution in [2.75, 3.05) is 0 Å². The number of rotatable bonds is 5. The summed E-state index contributed by atoms with van der Waals surface area (Å²) in [6.45, 7) is 4.07. The van der Waals surface area contributed by atoms with E-state index in [1.807, 2.05) is 78.8 Å². The molecular weight excluding hydrogens is 395 g/mol. The van der Waals surface area contributed by atoms with Crippen LogP contribution in [0.2, 0.25) is 0 Å². The third-order valence-electron chi connectivity index (χ3n) is 3.41. The van der Waals surface area contributed by atoms with Crippen LogP contribution in [0.25, 0.3) is 0 Å². The summed E-state index contributed by atoms with van der Waals surface area (Å²) in [5.41, 5.74) is 2.19. The number of aryl methyl sites for hydroxylation is 2. The van der Waals surface area contributed by atoms with Crippen LogP contribution in [0.5, 0.6) is 11.5 Å². The molecule has 0 N–H and O–H groups in total. The van der Waals surface area contributed by atoms with Crippen LogP contribution in [0.15, 0.2) is 71.3 Å². The fourth-order valence-corrected chi connectivity index (χ4v) is 4.39. The van der Waals surface area contributed by atoms with Gasteiger partial charge in [-0.3, -0.25) is 0 Å². The summed E-state index contributed by atoms with van der Waals surface area (Å²) in [5, 5.41) is 0. The van der Waals surface area contributed by atoms with E-state index >= 15 is 0 Å². The Balaban J connectivity index is 0.00000156. The first-order valence-corrected chi connectivity index (χ1v) is 9.62. The standard InChI is InChI=1S/2C7H8O.C5H4O.2ClH.Ti/c2*1-6-4-2-3-5-7(6)8;1-5-3-2-4-6-5;;;/h2*2-5,8H,1H3;1-4H;2*1H;/q;;;;;+2/p-2.